The number of thioether (sulfide) groups is 1. The Morgan fingerprint density at radius 3 is 2.52 bits per heavy atom. The summed E-state index contributed by atoms with van der Waals surface area (Å²) >= 11 is 1.63. The molecule has 1 aliphatic rings. The highest BCUT2D eigenvalue weighted by atomic mass is 32.2. The van der Waals surface area contributed by atoms with Crippen molar-refractivity contribution in [2.45, 2.75) is 9.79 Å². The van der Waals surface area contributed by atoms with Gasteiger partial charge in [-0.05, 0) is 24.3 Å². The Hall–Kier alpha value is -1.79. The van der Waals surface area contributed by atoms with Gasteiger partial charge in [-0.3, -0.25) is 4.31 Å². The highest BCUT2D eigenvalue weighted by molar-refractivity contribution is 7.99. The van der Waals surface area contributed by atoms with E-state index < -0.39 is 10.0 Å². The number of para-hydroxylation sites is 1. The van der Waals surface area contributed by atoms with Crippen molar-refractivity contribution in [1.82, 2.24) is 4.31 Å². The van der Waals surface area contributed by atoms with Crippen LogP contribution in [0.3, 0.4) is 0 Å². The van der Waals surface area contributed by atoms with Crippen LogP contribution in [0.15, 0.2) is 69.4 Å². The van der Waals surface area contributed by atoms with Gasteiger partial charge in [-0.2, -0.15) is 0 Å². The molecule has 4 nitrogen and oxygen atoms in total. The van der Waals surface area contributed by atoms with Gasteiger partial charge in [0.2, 0.25) is 0 Å². The van der Waals surface area contributed by atoms with Crippen LogP contribution in [-0.2, 0) is 10.0 Å². The van der Waals surface area contributed by atoms with Gasteiger partial charge in [-0.25, -0.2) is 13.4 Å². The summed E-state index contributed by atoms with van der Waals surface area (Å²) in [4.78, 5) is 5.61. The van der Waals surface area contributed by atoms with Crippen LogP contribution >= 0.6 is 11.8 Å². The Morgan fingerprint density at radius 1 is 1.00 bits per heavy atom. The van der Waals surface area contributed by atoms with Gasteiger partial charge < -0.3 is 0 Å². The fraction of sp³-hybridized carbons (Fsp3) is 0.133. The molecule has 21 heavy (non-hydrogen) atoms. The minimum absolute atomic E-state index is 0.275. The number of fused-ring (bicyclic) bond motifs is 1. The summed E-state index contributed by atoms with van der Waals surface area (Å²) in [5, 5.41) is 0. The van der Waals surface area contributed by atoms with E-state index in [-0.39, 0.29) is 4.90 Å². The second-order valence-electron chi connectivity index (χ2n) is 4.49. The Balaban J connectivity index is 1.71. The molecule has 0 bridgehead atoms. The van der Waals surface area contributed by atoms with E-state index in [0.29, 0.717) is 18.0 Å². The standard InChI is InChI=1S/C15H14N2O2S2/c18-21(19)15-9-5-4-8-14(15)16-12-17(21)10-11-20-13-6-2-1-3-7-13/h1-9,12H,10-11H2. The average molecular weight is 318 g/mol. The van der Waals surface area contributed by atoms with Crippen molar-refractivity contribution in [3.63, 3.8) is 0 Å². The van der Waals surface area contributed by atoms with Crippen molar-refractivity contribution in [3.05, 3.63) is 54.6 Å². The van der Waals surface area contributed by atoms with Gasteiger partial charge in [0.1, 0.15) is 11.2 Å². The van der Waals surface area contributed by atoms with Gasteiger partial charge in [-0.15, -0.1) is 11.8 Å². The summed E-state index contributed by atoms with van der Waals surface area (Å²) in [5.74, 6) is 0.678. The minimum Gasteiger partial charge on any atom is -0.255 e. The Kier molecular flexibility index (Phi) is 3.98. The molecule has 0 aliphatic carbocycles. The van der Waals surface area contributed by atoms with Crippen molar-refractivity contribution >= 4 is 33.8 Å². The number of sulfonamides is 1. The van der Waals surface area contributed by atoms with Crippen LogP contribution in [-0.4, -0.2) is 31.4 Å². The fourth-order valence-corrected chi connectivity index (χ4v) is 4.42. The summed E-state index contributed by atoms with van der Waals surface area (Å²) in [7, 11) is -3.47. The quantitative estimate of drug-likeness (QED) is 0.814. The number of nitrogens with zero attached hydrogens (tertiary/aromatic N) is 2. The normalized spacial score (nSPS) is 15.7. The lowest BCUT2D eigenvalue weighted by molar-refractivity contribution is 0.535. The molecule has 0 saturated carbocycles. The molecule has 1 aliphatic heterocycles. The number of hydrogen-bond acceptors (Lipinski definition) is 4. The van der Waals surface area contributed by atoms with Crippen LogP contribution < -0.4 is 0 Å². The van der Waals surface area contributed by atoms with Crippen LogP contribution in [0.5, 0.6) is 0 Å². The van der Waals surface area contributed by atoms with E-state index in [9.17, 15) is 8.42 Å². The first-order valence-corrected chi connectivity index (χ1v) is 8.93. The summed E-state index contributed by atoms with van der Waals surface area (Å²) in [6.45, 7) is 0.403. The van der Waals surface area contributed by atoms with E-state index in [0.717, 1.165) is 4.90 Å². The Labute approximate surface area is 128 Å². The third kappa shape index (κ3) is 2.96. The molecule has 0 radical (unpaired) electrons. The maximum atomic E-state index is 12.5. The first-order chi connectivity index (χ1) is 10.2. The monoisotopic (exact) mass is 318 g/mol. The van der Waals surface area contributed by atoms with Crippen LogP contribution in [0, 0.1) is 0 Å². The molecule has 1 heterocycles. The van der Waals surface area contributed by atoms with Crippen molar-refractivity contribution in [2.75, 3.05) is 12.3 Å². The lowest BCUT2D eigenvalue weighted by Gasteiger charge is -2.23. The maximum absolute atomic E-state index is 12.5. The SMILES string of the molecule is O=S1(=O)c2ccccc2N=CN1CCSc1ccccc1. The third-order valence-electron chi connectivity index (χ3n) is 3.10. The van der Waals surface area contributed by atoms with E-state index in [1.54, 1.807) is 36.0 Å². The summed E-state index contributed by atoms with van der Waals surface area (Å²) < 4.78 is 26.3. The molecule has 0 saturated heterocycles. The zero-order valence-corrected chi connectivity index (χ0v) is 12.8. The second kappa shape index (κ2) is 5.91. The first kappa shape index (κ1) is 14.2. The Morgan fingerprint density at radius 2 is 1.71 bits per heavy atom. The number of hydrogen-bond donors (Lipinski definition) is 0. The lowest BCUT2D eigenvalue weighted by atomic mass is 10.3. The topological polar surface area (TPSA) is 49.7 Å². The van der Waals surface area contributed by atoms with E-state index >= 15 is 0 Å². The fourth-order valence-electron chi connectivity index (χ4n) is 2.05. The molecule has 3 rings (SSSR count). The van der Waals surface area contributed by atoms with Crippen molar-refractivity contribution in [1.29, 1.82) is 0 Å². The molecule has 0 aromatic heterocycles. The van der Waals surface area contributed by atoms with E-state index in [1.807, 2.05) is 30.3 Å². The van der Waals surface area contributed by atoms with Gasteiger partial charge in [0.25, 0.3) is 10.0 Å². The van der Waals surface area contributed by atoms with Crippen LogP contribution in [0.1, 0.15) is 0 Å². The molecular weight excluding hydrogens is 304 g/mol. The van der Waals surface area contributed by atoms with E-state index in [4.69, 9.17) is 0 Å². The zero-order valence-electron chi connectivity index (χ0n) is 11.2. The van der Waals surface area contributed by atoms with E-state index in [1.165, 1.54) is 10.6 Å². The summed E-state index contributed by atoms with van der Waals surface area (Å²) in [5.41, 5.74) is 0.504. The first-order valence-electron chi connectivity index (χ1n) is 6.51. The highest BCUT2D eigenvalue weighted by Crippen LogP contribution is 2.30. The highest BCUT2D eigenvalue weighted by Gasteiger charge is 2.27. The Bertz CT molecular complexity index is 758. The molecule has 0 spiro atoms. The summed E-state index contributed by atoms with van der Waals surface area (Å²) in [6.07, 6.45) is 1.41. The lowest BCUT2D eigenvalue weighted by Crippen LogP contribution is -2.33. The van der Waals surface area contributed by atoms with Crippen LogP contribution in [0.25, 0.3) is 0 Å². The molecule has 0 amide bonds. The largest absolute Gasteiger partial charge is 0.267 e. The van der Waals surface area contributed by atoms with E-state index in [2.05, 4.69) is 4.99 Å². The zero-order chi connectivity index (χ0) is 14.7. The van der Waals surface area contributed by atoms with Crippen molar-refractivity contribution < 1.29 is 8.42 Å². The molecule has 0 unspecified atom stereocenters. The van der Waals surface area contributed by atoms with Crippen LogP contribution in [0.4, 0.5) is 5.69 Å². The van der Waals surface area contributed by atoms with Gasteiger partial charge in [0.15, 0.2) is 0 Å². The number of rotatable bonds is 4. The number of benzene rings is 2. The summed E-state index contributed by atoms with van der Waals surface area (Å²) in [6, 6.07) is 16.7. The smallest absolute Gasteiger partial charge is 0.255 e. The molecule has 0 fully saturated rings. The molecule has 2 aromatic carbocycles. The van der Waals surface area contributed by atoms with Gasteiger partial charge in [0.05, 0.1) is 5.69 Å². The molecule has 6 heteroatoms. The van der Waals surface area contributed by atoms with Crippen molar-refractivity contribution in [3.8, 4) is 0 Å². The predicted molar refractivity (Wildman–Crippen MR) is 85.7 cm³/mol. The molecule has 2 aromatic rings. The van der Waals surface area contributed by atoms with Crippen molar-refractivity contribution in [2.24, 2.45) is 4.99 Å². The maximum Gasteiger partial charge on any atom is 0.267 e. The predicted octanol–water partition coefficient (Wildman–Crippen LogP) is 3.14. The van der Waals surface area contributed by atoms with Crippen LogP contribution in [0.2, 0.25) is 0 Å². The molecule has 0 atom stereocenters. The van der Waals surface area contributed by atoms with Gasteiger partial charge >= 0.3 is 0 Å². The molecule has 108 valence electrons. The number of aliphatic imine (C=N–C) groups is 1. The second-order valence-corrected chi connectivity index (χ2v) is 7.52. The average Bonchev–Trinajstić information content (AvgIpc) is 2.51. The molecule has 0 N–H and O–H groups in total. The third-order valence-corrected chi connectivity index (χ3v) is 5.89. The minimum atomic E-state index is -3.47. The van der Waals surface area contributed by atoms with Gasteiger partial charge in [-0.1, -0.05) is 30.3 Å². The molecular formula is C15H14N2O2S2. The van der Waals surface area contributed by atoms with Gasteiger partial charge in [0, 0.05) is 17.2 Å².